The van der Waals surface area contributed by atoms with Gasteiger partial charge in [-0.3, -0.25) is 0 Å². The SMILES string of the molecule is CCCC(C)c1nc(NC)nc(Nc2ccc(O)c(O)c2)n1. The molecule has 2 aromatic rings. The Balaban J connectivity index is 2.29. The van der Waals surface area contributed by atoms with Gasteiger partial charge < -0.3 is 20.8 Å². The highest BCUT2D eigenvalue weighted by Crippen LogP contribution is 2.29. The van der Waals surface area contributed by atoms with Crippen molar-refractivity contribution < 1.29 is 10.2 Å². The minimum absolute atomic E-state index is 0.172. The summed E-state index contributed by atoms with van der Waals surface area (Å²) >= 11 is 0. The molecule has 4 N–H and O–H groups in total. The summed E-state index contributed by atoms with van der Waals surface area (Å²) in [4.78, 5) is 13.1. The fourth-order valence-corrected chi connectivity index (χ4v) is 2.07. The summed E-state index contributed by atoms with van der Waals surface area (Å²) in [7, 11) is 1.75. The van der Waals surface area contributed by atoms with Crippen molar-refractivity contribution >= 4 is 17.6 Å². The number of phenols is 2. The molecule has 0 aliphatic carbocycles. The smallest absolute Gasteiger partial charge is 0.232 e. The van der Waals surface area contributed by atoms with Crippen molar-refractivity contribution in [2.45, 2.75) is 32.6 Å². The van der Waals surface area contributed by atoms with Crippen molar-refractivity contribution in [1.29, 1.82) is 0 Å². The summed E-state index contributed by atoms with van der Waals surface area (Å²) in [6, 6.07) is 4.44. The number of anilines is 3. The Labute approximate surface area is 129 Å². The summed E-state index contributed by atoms with van der Waals surface area (Å²) in [5.41, 5.74) is 0.581. The number of benzene rings is 1. The van der Waals surface area contributed by atoms with Crippen LogP contribution >= 0.6 is 0 Å². The van der Waals surface area contributed by atoms with E-state index in [1.165, 1.54) is 12.1 Å². The molecule has 0 saturated heterocycles. The highest BCUT2D eigenvalue weighted by Gasteiger charge is 2.12. The third-order valence-corrected chi connectivity index (χ3v) is 3.27. The molecule has 0 bridgehead atoms. The van der Waals surface area contributed by atoms with Gasteiger partial charge in [0.25, 0.3) is 0 Å². The minimum atomic E-state index is -0.201. The van der Waals surface area contributed by atoms with E-state index in [1.54, 1.807) is 13.1 Å². The van der Waals surface area contributed by atoms with Crippen LogP contribution in [0.5, 0.6) is 11.5 Å². The maximum absolute atomic E-state index is 9.54. The van der Waals surface area contributed by atoms with Crippen LogP contribution in [-0.2, 0) is 0 Å². The van der Waals surface area contributed by atoms with Gasteiger partial charge in [-0.25, -0.2) is 0 Å². The maximum Gasteiger partial charge on any atom is 0.232 e. The van der Waals surface area contributed by atoms with Crippen molar-refractivity contribution in [3.05, 3.63) is 24.0 Å². The van der Waals surface area contributed by atoms with Gasteiger partial charge in [0.1, 0.15) is 5.82 Å². The molecule has 0 amide bonds. The van der Waals surface area contributed by atoms with E-state index in [0.717, 1.165) is 12.8 Å². The van der Waals surface area contributed by atoms with E-state index in [0.29, 0.717) is 23.4 Å². The van der Waals surface area contributed by atoms with Gasteiger partial charge in [0.05, 0.1) is 0 Å². The van der Waals surface area contributed by atoms with Gasteiger partial charge in [0.15, 0.2) is 11.5 Å². The van der Waals surface area contributed by atoms with Gasteiger partial charge >= 0.3 is 0 Å². The molecule has 1 atom stereocenters. The molecule has 0 aliphatic heterocycles. The molecule has 22 heavy (non-hydrogen) atoms. The van der Waals surface area contributed by atoms with E-state index in [9.17, 15) is 10.2 Å². The van der Waals surface area contributed by atoms with E-state index in [4.69, 9.17) is 0 Å². The normalized spacial score (nSPS) is 12.0. The van der Waals surface area contributed by atoms with Crippen molar-refractivity contribution in [3.8, 4) is 11.5 Å². The lowest BCUT2D eigenvalue weighted by atomic mass is 10.1. The fourth-order valence-electron chi connectivity index (χ4n) is 2.07. The molecule has 0 aliphatic rings. The van der Waals surface area contributed by atoms with E-state index in [1.807, 2.05) is 0 Å². The molecule has 7 nitrogen and oxygen atoms in total. The van der Waals surface area contributed by atoms with E-state index >= 15 is 0 Å². The Morgan fingerprint density at radius 3 is 2.45 bits per heavy atom. The molecule has 0 fully saturated rings. The van der Waals surface area contributed by atoms with Crippen LogP contribution in [0.3, 0.4) is 0 Å². The quantitative estimate of drug-likeness (QED) is 0.480. The molecule has 0 radical (unpaired) electrons. The Morgan fingerprint density at radius 1 is 1.09 bits per heavy atom. The van der Waals surface area contributed by atoms with Crippen LogP contribution in [-0.4, -0.2) is 32.2 Å². The second kappa shape index (κ2) is 6.93. The number of nitrogens with one attached hydrogen (secondary N) is 2. The lowest BCUT2D eigenvalue weighted by Gasteiger charge is -2.12. The molecule has 1 aromatic heterocycles. The Bertz CT molecular complexity index is 648. The summed E-state index contributed by atoms with van der Waals surface area (Å²) < 4.78 is 0. The Morgan fingerprint density at radius 2 is 1.82 bits per heavy atom. The number of hydrogen-bond donors (Lipinski definition) is 4. The standard InChI is InChI=1S/C15H21N5O2/c1-4-5-9(2)13-18-14(16-3)20-15(19-13)17-10-6-7-11(21)12(22)8-10/h6-9,21-22H,4-5H2,1-3H3,(H2,16,17,18,19,20). The van der Waals surface area contributed by atoms with Crippen molar-refractivity contribution in [3.63, 3.8) is 0 Å². The molecule has 1 aromatic carbocycles. The van der Waals surface area contributed by atoms with Crippen molar-refractivity contribution in [2.24, 2.45) is 0 Å². The molecule has 1 unspecified atom stereocenters. The topological polar surface area (TPSA) is 103 Å². The monoisotopic (exact) mass is 303 g/mol. The maximum atomic E-state index is 9.54. The number of rotatable bonds is 6. The second-order valence-electron chi connectivity index (χ2n) is 5.11. The summed E-state index contributed by atoms with van der Waals surface area (Å²) in [6.45, 7) is 4.20. The third kappa shape index (κ3) is 3.75. The van der Waals surface area contributed by atoms with Crippen molar-refractivity contribution in [2.75, 3.05) is 17.7 Å². The van der Waals surface area contributed by atoms with Gasteiger partial charge in [0.2, 0.25) is 11.9 Å². The lowest BCUT2D eigenvalue weighted by molar-refractivity contribution is 0.404. The Kier molecular flexibility index (Phi) is 4.98. The van der Waals surface area contributed by atoms with Gasteiger partial charge in [-0.2, -0.15) is 15.0 Å². The average molecular weight is 303 g/mol. The molecule has 2 rings (SSSR count). The van der Waals surface area contributed by atoms with Gasteiger partial charge in [0, 0.05) is 24.7 Å². The molecule has 118 valence electrons. The lowest BCUT2D eigenvalue weighted by Crippen LogP contribution is -2.09. The minimum Gasteiger partial charge on any atom is -0.504 e. The highest BCUT2D eigenvalue weighted by molar-refractivity contribution is 5.59. The van der Waals surface area contributed by atoms with Crippen LogP contribution in [0.4, 0.5) is 17.6 Å². The zero-order valence-corrected chi connectivity index (χ0v) is 13.0. The van der Waals surface area contributed by atoms with Crippen LogP contribution in [0.2, 0.25) is 0 Å². The van der Waals surface area contributed by atoms with Crippen LogP contribution < -0.4 is 10.6 Å². The number of aromatic nitrogens is 3. The fraction of sp³-hybridized carbons (Fsp3) is 0.400. The van der Waals surface area contributed by atoms with E-state index < -0.39 is 0 Å². The van der Waals surface area contributed by atoms with Crippen LogP contribution in [0.25, 0.3) is 0 Å². The van der Waals surface area contributed by atoms with Crippen LogP contribution in [0.1, 0.15) is 38.4 Å². The summed E-state index contributed by atoms with van der Waals surface area (Å²) in [6.07, 6.45) is 2.04. The predicted molar refractivity (Wildman–Crippen MR) is 85.8 cm³/mol. The number of aromatic hydroxyl groups is 2. The summed E-state index contributed by atoms with van der Waals surface area (Å²) in [5, 5.41) is 24.8. The first-order valence-electron chi connectivity index (χ1n) is 7.26. The van der Waals surface area contributed by atoms with E-state index in [-0.39, 0.29) is 17.4 Å². The van der Waals surface area contributed by atoms with E-state index in [2.05, 4.69) is 39.4 Å². The molecular formula is C15H21N5O2. The average Bonchev–Trinajstić information content (AvgIpc) is 2.51. The number of phenolic OH excluding ortho intramolecular Hbond substituents is 2. The number of nitrogens with zero attached hydrogens (tertiary/aromatic N) is 3. The first-order valence-corrected chi connectivity index (χ1v) is 7.26. The molecule has 0 saturated carbocycles. The molecule has 7 heteroatoms. The number of hydrogen-bond acceptors (Lipinski definition) is 7. The van der Waals surface area contributed by atoms with Crippen LogP contribution in [0, 0.1) is 0 Å². The second-order valence-corrected chi connectivity index (χ2v) is 5.11. The predicted octanol–water partition coefficient (Wildman–Crippen LogP) is 2.97. The highest BCUT2D eigenvalue weighted by atomic mass is 16.3. The summed E-state index contributed by atoms with van der Waals surface area (Å²) in [5.74, 6) is 1.45. The third-order valence-electron chi connectivity index (χ3n) is 3.27. The van der Waals surface area contributed by atoms with Crippen LogP contribution in [0.15, 0.2) is 18.2 Å². The first-order chi connectivity index (χ1) is 10.5. The molecule has 1 heterocycles. The molecule has 0 spiro atoms. The van der Waals surface area contributed by atoms with Gasteiger partial charge in [-0.05, 0) is 18.6 Å². The van der Waals surface area contributed by atoms with Crippen molar-refractivity contribution in [1.82, 2.24) is 15.0 Å². The first kappa shape index (κ1) is 15.8. The van der Waals surface area contributed by atoms with Gasteiger partial charge in [-0.1, -0.05) is 20.3 Å². The zero-order valence-electron chi connectivity index (χ0n) is 13.0. The van der Waals surface area contributed by atoms with Gasteiger partial charge in [-0.15, -0.1) is 0 Å². The molecular weight excluding hydrogens is 282 g/mol. The largest absolute Gasteiger partial charge is 0.504 e. The zero-order chi connectivity index (χ0) is 16.1. The Hall–Kier alpha value is -2.57.